The monoisotopic (exact) mass is 324 g/mol. The van der Waals surface area contributed by atoms with Gasteiger partial charge in [-0.25, -0.2) is 13.1 Å². The molecule has 1 atom stereocenters. The molecular formula is C15H20N2O2S2. The fourth-order valence-electron chi connectivity index (χ4n) is 1.99. The maximum atomic E-state index is 12.4. The molecule has 2 aromatic rings. The molecule has 1 aromatic heterocycles. The Kier molecular flexibility index (Phi) is 5.16. The Labute approximate surface area is 130 Å². The van der Waals surface area contributed by atoms with Crippen LogP contribution in [-0.2, 0) is 16.6 Å². The lowest BCUT2D eigenvalue weighted by Crippen LogP contribution is -2.26. The highest BCUT2D eigenvalue weighted by atomic mass is 32.2. The van der Waals surface area contributed by atoms with Gasteiger partial charge in [-0.1, -0.05) is 29.8 Å². The zero-order valence-electron chi connectivity index (χ0n) is 12.4. The number of nitrogens with one attached hydrogen (secondary N) is 2. The first-order valence-electron chi connectivity index (χ1n) is 6.73. The van der Waals surface area contributed by atoms with Gasteiger partial charge < -0.3 is 5.32 Å². The van der Waals surface area contributed by atoms with Gasteiger partial charge in [0.05, 0.1) is 4.90 Å². The highest BCUT2D eigenvalue weighted by Gasteiger charge is 2.19. The molecule has 1 unspecified atom stereocenters. The zero-order chi connectivity index (χ0) is 15.5. The SMILES string of the molecule is CNCc1cc(S(=O)(=O)NC(C)c2ccc(C)cc2)cs1. The van der Waals surface area contributed by atoms with Crippen LogP contribution in [0, 0.1) is 6.92 Å². The summed E-state index contributed by atoms with van der Waals surface area (Å²) in [5.74, 6) is 0. The Balaban J connectivity index is 2.14. The van der Waals surface area contributed by atoms with Crippen molar-refractivity contribution >= 4 is 21.4 Å². The Morgan fingerprint density at radius 3 is 2.52 bits per heavy atom. The molecule has 1 aromatic carbocycles. The first-order valence-corrected chi connectivity index (χ1v) is 9.09. The Morgan fingerprint density at radius 1 is 1.24 bits per heavy atom. The van der Waals surface area contributed by atoms with E-state index in [9.17, 15) is 8.42 Å². The van der Waals surface area contributed by atoms with Crippen molar-refractivity contribution in [2.24, 2.45) is 0 Å². The van der Waals surface area contributed by atoms with Crippen LogP contribution in [0.1, 0.15) is 29.0 Å². The molecule has 114 valence electrons. The van der Waals surface area contributed by atoms with Crippen molar-refractivity contribution in [1.82, 2.24) is 10.0 Å². The topological polar surface area (TPSA) is 58.2 Å². The number of rotatable bonds is 6. The van der Waals surface area contributed by atoms with E-state index in [1.807, 2.05) is 45.2 Å². The van der Waals surface area contributed by atoms with Crippen LogP contribution in [0.4, 0.5) is 0 Å². The molecule has 0 aliphatic rings. The van der Waals surface area contributed by atoms with Crippen LogP contribution in [0.25, 0.3) is 0 Å². The van der Waals surface area contributed by atoms with Crippen LogP contribution >= 0.6 is 11.3 Å². The predicted octanol–water partition coefficient (Wildman–Crippen LogP) is 2.82. The maximum Gasteiger partial charge on any atom is 0.241 e. The van der Waals surface area contributed by atoms with Crippen LogP contribution in [0.2, 0.25) is 0 Å². The lowest BCUT2D eigenvalue weighted by atomic mass is 10.1. The van der Waals surface area contributed by atoms with Gasteiger partial charge >= 0.3 is 0 Å². The molecule has 0 bridgehead atoms. The lowest BCUT2D eigenvalue weighted by Gasteiger charge is -2.14. The lowest BCUT2D eigenvalue weighted by molar-refractivity contribution is 0.567. The summed E-state index contributed by atoms with van der Waals surface area (Å²) in [5.41, 5.74) is 2.11. The summed E-state index contributed by atoms with van der Waals surface area (Å²) < 4.78 is 27.5. The van der Waals surface area contributed by atoms with Crippen LogP contribution in [0.5, 0.6) is 0 Å². The van der Waals surface area contributed by atoms with Gasteiger partial charge in [-0.05, 0) is 32.5 Å². The second-order valence-corrected chi connectivity index (χ2v) is 7.74. The molecule has 4 nitrogen and oxygen atoms in total. The highest BCUT2D eigenvalue weighted by molar-refractivity contribution is 7.89. The second kappa shape index (κ2) is 6.70. The van der Waals surface area contributed by atoms with Crippen LogP contribution < -0.4 is 10.0 Å². The summed E-state index contributed by atoms with van der Waals surface area (Å²) in [7, 11) is -1.64. The van der Waals surface area contributed by atoms with Gasteiger partial charge in [0.15, 0.2) is 0 Å². The van der Waals surface area contributed by atoms with Crippen LogP contribution in [0.3, 0.4) is 0 Å². The number of aryl methyl sites for hydroxylation is 1. The minimum atomic E-state index is -3.48. The van der Waals surface area contributed by atoms with E-state index < -0.39 is 10.0 Å². The standard InChI is InChI=1S/C15H20N2O2S2/c1-11-4-6-13(7-5-11)12(2)17-21(18,19)15-8-14(9-16-3)20-10-15/h4-8,10,12,16-17H,9H2,1-3H3. The molecule has 0 aliphatic heterocycles. The normalized spacial score (nSPS) is 13.3. The van der Waals surface area contributed by atoms with E-state index in [0.29, 0.717) is 11.4 Å². The van der Waals surface area contributed by atoms with Crippen molar-refractivity contribution in [2.75, 3.05) is 7.05 Å². The van der Waals surface area contributed by atoms with E-state index in [4.69, 9.17) is 0 Å². The molecule has 0 aliphatic carbocycles. The summed E-state index contributed by atoms with van der Waals surface area (Å²) in [6.07, 6.45) is 0. The molecule has 0 amide bonds. The average molecular weight is 324 g/mol. The van der Waals surface area contributed by atoms with E-state index in [-0.39, 0.29) is 6.04 Å². The van der Waals surface area contributed by atoms with Crippen LogP contribution in [-0.4, -0.2) is 15.5 Å². The van der Waals surface area contributed by atoms with Crippen molar-refractivity contribution < 1.29 is 8.42 Å². The molecule has 0 radical (unpaired) electrons. The van der Waals surface area contributed by atoms with E-state index in [2.05, 4.69) is 10.0 Å². The summed E-state index contributed by atoms with van der Waals surface area (Å²) in [4.78, 5) is 1.33. The van der Waals surface area contributed by atoms with Gasteiger partial charge in [0, 0.05) is 22.8 Å². The van der Waals surface area contributed by atoms with Gasteiger partial charge in [-0.3, -0.25) is 0 Å². The highest BCUT2D eigenvalue weighted by Crippen LogP contribution is 2.22. The van der Waals surface area contributed by atoms with Crippen molar-refractivity contribution in [2.45, 2.75) is 31.3 Å². The third-order valence-electron chi connectivity index (χ3n) is 3.20. The second-order valence-electron chi connectivity index (χ2n) is 5.03. The Bertz CT molecular complexity index is 691. The number of sulfonamides is 1. The van der Waals surface area contributed by atoms with Gasteiger partial charge in [-0.15, -0.1) is 11.3 Å². The Morgan fingerprint density at radius 2 is 1.90 bits per heavy atom. The maximum absolute atomic E-state index is 12.4. The molecule has 0 saturated heterocycles. The molecule has 0 spiro atoms. The average Bonchev–Trinajstić information content (AvgIpc) is 2.89. The molecule has 2 rings (SSSR count). The Hall–Kier alpha value is -1.21. The predicted molar refractivity (Wildman–Crippen MR) is 87.0 cm³/mol. The smallest absolute Gasteiger partial charge is 0.241 e. The van der Waals surface area contributed by atoms with Crippen molar-refractivity contribution in [1.29, 1.82) is 0 Å². The summed E-state index contributed by atoms with van der Waals surface area (Å²) in [5, 5.41) is 4.69. The molecule has 6 heteroatoms. The fraction of sp³-hybridized carbons (Fsp3) is 0.333. The number of hydrogen-bond donors (Lipinski definition) is 2. The molecule has 0 fully saturated rings. The third kappa shape index (κ3) is 4.14. The third-order valence-corrected chi connectivity index (χ3v) is 5.81. The van der Waals surface area contributed by atoms with Crippen LogP contribution in [0.15, 0.2) is 40.6 Å². The minimum Gasteiger partial charge on any atom is -0.315 e. The molecule has 0 saturated carbocycles. The van der Waals surface area contributed by atoms with E-state index in [1.165, 1.54) is 11.3 Å². The van der Waals surface area contributed by atoms with E-state index in [0.717, 1.165) is 16.0 Å². The van der Waals surface area contributed by atoms with Crippen molar-refractivity contribution in [3.05, 3.63) is 51.7 Å². The number of thiophene rings is 1. The molecule has 21 heavy (non-hydrogen) atoms. The number of hydrogen-bond acceptors (Lipinski definition) is 4. The molecule has 1 heterocycles. The summed E-state index contributed by atoms with van der Waals surface area (Å²) in [6, 6.07) is 9.31. The number of benzene rings is 1. The zero-order valence-corrected chi connectivity index (χ0v) is 14.0. The molecule has 2 N–H and O–H groups in total. The van der Waals surface area contributed by atoms with Gasteiger partial charge in [-0.2, -0.15) is 0 Å². The minimum absolute atomic E-state index is 0.261. The quantitative estimate of drug-likeness (QED) is 0.859. The van der Waals surface area contributed by atoms with Crippen molar-refractivity contribution in [3.63, 3.8) is 0 Å². The van der Waals surface area contributed by atoms with E-state index in [1.54, 1.807) is 11.4 Å². The first-order chi connectivity index (χ1) is 9.92. The molecular weight excluding hydrogens is 304 g/mol. The largest absolute Gasteiger partial charge is 0.315 e. The van der Waals surface area contributed by atoms with Gasteiger partial charge in [0.2, 0.25) is 10.0 Å². The van der Waals surface area contributed by atoms with E-state index >= 15 is 0 Å². The fourth-order valence-corrected chi connectivity index (χ4v) is 4.51. The summed E-state index contributed by atoms with van der Waals surface area (Å²) in [6.45, 7) is 4.53. The summed E-state index contributed by atoms with van der Waals surface area (Å²) >= 11 is 1.44. The van der Waals surface area contributed by atoms with Gasteiger partial charge in [0.25, 0.3) is 0 Å². The first kappa shape index (κ1) is 16.2. The van der Waals surface area contributed by atoms with Gasteiger partial charge in [0.1, 0.15) is 0 Å². The van der Waals surface area contributed by atoms with Crippen molar-refractivity contribution in [3.8, 4) is 0 Å².